The molecule has 1 aromatic carbocycles. The summed E-state index contributed by atoms with van der Waals surface area (Å²) >= 11 is 0. The van der Waals surface area contributed by atoms with Gasteiger partial charge in [-0.2, -0.15) is 0 Å². The molecule has 0 radical (unpaired) electrons. The van der Waals surface area contributed by atoms with Crippen molar-refractivity contribution in [2.75, 3.05) is 0 Å². The van der Waals surface area contributed by atoms with Gasteiger partial charge in [0.25, 0.3) is 0 Å². The first-order valence-corrected chi connectivity index (χ1v) is 6.71. The van der Waals surface area contributed by atoms with E-state index >= 15 is 0 Å². The lowest BCUT2D eigenvalue weighted by atomic mass is 9.74. The molecule has 0 amide bonds. The van der Waals surface area contributed by atoms with E-state index in [1.165, 1.54) is 23.0 Å². The van der Waals surface area contributed by atoms with Gasteiger partial charge in [-0.25, -0.2) is 4.99 Å². The van der Waals surface area contributed by atoms with Gasteiger partial charge in [0.15, 0.2) is 0 Å². The fourth-order valence-corrected chi connectivity index (χ4v) is 2.18. The molecule has 2 heteroatoms. The van der Waals surface area contributed by atoms with Crippen molar-refractivity contribution in [1.82, 2.24) is 0 Å². The Hall–Kier alpha value is -1.44. The summed E-state index contributed by atoms with van der Waals surface area (Å²) in [5.74, 6) is 0. The van der Waals surface area contributed by atoms with Crippen molar-refractivity contribution in [2.24, 2.45) is 9.98 Å². The molecule has 0 spiro atoms. The molecule has 0 aromatic heterocycles. The molecule has 19 heavy (non-hydrogen) atoms. The summed E-state index contributed by atoms with van der Waals surface area (Å²) in [6.07, 6.45) is 1.51. The summed E-state index contributed by atoms with van der Waals surface area (Å²) < 4.78 is 0. The molecule has 1 rings (SSSR count). The van der Waals surface area contributed by atoms with Crippen molar-refractivity contribution in [3.8, 4) is 0 Å². The van der Waals surface area contributed by atoms with E-state index in [1.54, 1.807) is 0 Å². The second-order valence-electron chi connectivity index (χ2n) is 7.11. The molecular weight excluding hydrogens is 232 g/mol. The quantitative estimate of drug-likeness (QED) is 0.529. The van der Waals surface area contributed by atoms with Gasteiger partial charge in [0.1, 0.15) is 6.34 Å². The summed E-state index contributed by atoms with van der Waals surface area (Å²) in [7, 11) is 0. The highest BCUT2D eigenvalue weighted by molar-refractivity contribution is 5.68. The minimum Gasteiger partial charge on any atom is -0.253 e. The fraction of sp³-hybridized carbons (Fsp3) is 0.529. The Morgan fingerprint density at radius 2 is 1.42 bits per heavy atom. The van der Waals surface area contributed by atoms with Crippen LogP contribution in [-0.4, -0.2) is 13.1 Å². The molecular formula is C17H26N2. The third-order valence-corrected chi connectivity index (χ3v) is 3.23. The van der Waals surface area contributed by atoms with Gasteiger partial charge in [-0.15, -0.1) is 0 Å². The van der Waals surface area contributed by atoms with E-state index in [9.17, 15) is 0 Å². The van der Waals surface area contributed by atoms with Crippen molar-refractivity contribution in [2.45, 2.75) is 59.3 Å². The molecule has 0 aliphatic rings. The highest BCUT2D eigenvalue weighted by Crippen LogP contribution is 2.37. The number of aliphatic imine (C=N–C) groups is 2. The predicted molar refractivity (Wildman–Crippen MR) is 86.3 cm³/mol. The first-order chi connectivity index (χ1) is 8.57. The Kier molecular flexibility index (Phi) is 4.34. The monoisotopic (exact) mass is 258 g/mol. The summed E-state index contributed by atoms with van der Waals surface area (Å²) in [6, 6.07) is 4.45. The van der Waals surface area contributed by atoms with E-state index < -0.39 is 0 Å². The molecule has 1 aromatic rings. The van der Waals surface area contributed by atoms with Crippen molar-refractivity contribution < 1.29 is 0 Å². The second-order valence-corrected chi connectivity index (χ2v) is 7.11. The van der Waals surface area contributed by atoms with Gasteiger partial charge in [-0.3, -0.25) is 4.99 Å². The number of nitrogens with zero attached hydrogens (tertiary/aromatic N) is 2. The Labute approximate surface area is 117 Å². The van der Waals surface area contributed by atoms with Gasteiger partial charge in [-0.1, -0.05) is 47.6 Å². The van der Waals surface area contributed by atoms with Crippen molar-refractivity contribution in [3.63, 3.8) is 0 Å². The predicted octanol–water partition coefficient (Wildman–Crippen LogP) is 4.95. The molecule has 0 aliphatic heterocycles. The average molecular weight is 258 g/mol. The maximum absolute atomic E-state index is 4.37. The van der Waals surface area contributed by atoms with Crippen LogP contribution in [0, 0.1) is 6.92 Å². The average Bonchev–Trinajstić information content (AvgIpc) is 2.24. The van der Waals surface area contributed by atoms with E-state index in [2.05, 4.69) is 77.3 Å². The number of benzene rings is 1. The lowest BCUT2D eigenvalue weighted by Gasteiger charge is -2.31. The van der Waals surface area contributed by atoms with E-state index in [-0.39, 0.29) is 10.8 Å². The van der Waals surface area contributed by atoms with Crippen molar-refractivity contribution in [1.29, 1.82) is 0 Å². The topological polar surface area (TPSA) is 24.7 Å². The highest BCUT2D eigenvalue weighted by atomic mass is 14.8. The van der Waals surface area contributed by atoms with Gasteiger partial charge in [-0.05, 0) is 47.2 Å². The van der Waals surface area contributed by atoms with Gasteiger partial charge in [0.05, 0.1) is 5.69 Å². The third kappa shape index (κ3) is 3.76. The summed E-state index contributed by atoms with van der Waals surface area (Å²) in [5, 5.41) is 0. The van der Waals surface area contributed by atoms with Gasteiger partial charge >= 0.3 is 0 Å². The molecule has 0 aliphatic carbocycles. The van der Waals surface area contributed by atoms with Crippen LogP contribution in [0.3, 0.4) is 0 Å². The molecule has 0 saturated heterocycles. The summed E-state index contributed by atoms with van der Waals surface area (Å²) in [4.78, 5) is 8.06. The van der Waals surface area contributed by atoms with Crippen LogP contribution in [0.15, 0.2) is 22.1 Å². The molecule has 2 nitrogen and oxygen atoms in total. The fourth-order valence-electron chi connectivity index (χ4n) is 2.18. The molecule has 0 unspecified atom stereocenters. The summed E-state index contributed by atoms with van der Waals surface area (Å²) in [6.45, 7) is 19.0. The zero-order valence-electron chi connectivity index (χ0n) is 13.3. The first-order valence-electron chi connectivity index (χ1n) is 6.71. The van der Waals surface area contributed by atoms with Crippen LogP contribution in [-0.2, 0) is 10.8 Å². The molecule has 104 valence electrons. The van der Waals surface area contributed by atoms with Crippen molar-refractivity contribution in [3.05, 3.63) is 28.8 Å². The minimum absolute atomic E-state index is 0.0994. The van der Waals surface area contributed by atoms with Gasteiger partial charge in [0.2, 0.25) is 0 Å². The normalized spacial score (nSPS) is 13.0. The highest BCUT2D eigenvalue weighted by Gasteiger charge is 2.26. The van der Waals surface area contributed by atoms with Crippen LogP contribution < -0.4 is 0 Å². The van der Waals surface area contributed by atoms with Crippen LogP contribution in [0.2, 0.25) is 0 Å². The molecule has 0 bridgehead atoms. The first kappa shape index (κ1) is 15.6. The Bertz CT molecular complexity index is 497. The number of aryl methyl sites for hydroxylation is 1. The maximum Gasteiger partial charge on any atom is 0.115 e. The summed E-state index contributed by atoms with van der Waals surface area (Å²) in [5.41, 5.74) is 5.13. The van der Waals surface area contributed by atoms with E-state index in [0.29, 0.717) is 0 Å². The van der Waals surface area contributed by atoms with Crippen LogP contribution in [0.4, 0.5) is 5.69 Å². The standard InChI is InChI=1S/C17H26N2/c1-12-9-13(16(2,3)4)14(17(5,6)7)10-15(12)19-11-18-8/h9-11H,8H2,1-7H3/b19-11-. The molecule has 0 N–H and O–H groups in total. The lowest BCUT2D eigenvalue weighted by Crippen LogP contribution is -2.22. The van der Waals surface area contributed by atoms with Crippen LogP contribution >= 0.6 is 0 Å². The molecule has 0 heterocycles. The molecule has 0 atom stereocenters. The number of hydrogen-bond acceptors (Lipinski definition) is 1. The van der Waals surface area contributed by atoms with Crippen LogP contribution in [0.25, 0.3) is 0 Å². The van der Waals surface area contributed by atoms with E-state index in [0.717, 1.165) is 5.69 Å². The van der Waals surface area contributed by atoms with Crippen LogP contribution in [0.1, 0.15) is 58.2 Å². The van der Waals surface area contributed by atoms with Gasteiger partial charge in [0, 0.05) is 0 Å². The Morgan fingerprint density at radius 3 is 1.84 bits per heavy atom. The number of rotatable bonds is 2. The zero-order chi connectivity index (χ0) is 14.8. The lowest BCUT2D eigenvalue weighted by molar-refractivity contribution is 0.530. The van der Waals surface area contributed by atoms with E-state index in [4.69, 9.17) is 0 Å². The van der Waals surface area contributed by atoms with E-state index in [1.807, 2.05) is 0 Å². The molecule has 0 fully saturated rings. The van der Waals surface area contributed by atoms with Crippen LogP contribution in [0.5, 0.6) is 0 Å². The Morgan fingerprint density at radius 1 is 0.947 bits per heavy atom. The largest absolute Gasteiger partial charge is 0.253 e. The van der Waals surface area contributed by atoms with Crippen molar-refractivity contribution >= 4 is 18.7 Å². The SMILES string of the molecule is C=N/C=N\c1cc(C(C)(C)C)c(C(C)(C)C)cc1C. The Balaban J connectivity index is 3.55. The maximum atomic E-state index is 4.37. The molecule has 0 saturated carbocycles. The minimum atomic E-state index is 0.0994. The number of hydrogen-bond donors (Lipinski definition) is 0. The zero-order valence-corrected chi connectivity index (χ0v) is 13.3. The third-order valence-electron chi connectivity index (χ3n) is 3.23. The second kappa shape index (κ2) is 5.28. The smallest absolute Gasteiger partial charge is 0.115 e. The van der Waals surface area contributed by atoms with Gasteiger partial charge < -0.3 is 0 Å².